The standard InChI is InChI=1S/C28H27N3O2/c1-3-17-4-6-18(7-5-17)8-12-24-21-11-9-19(14-26(21)31-30-24)23-16-28(23)22-15-20(33-2)10-13-25(22)29-27(28)32/h4,6-15,17,23H,3,5,16H2,1-2H3,(H,29,32)(H,30,31)/b12-8+/t17?,23-,28-/m0/s1. The van der Waals surface area contributed by atoms with Gasteiger partial charge in [-0.25, -0.2) is 0 Å². The van der Waals surface area contributed by atoms with Crippen molar-refractivity contribution in [2.45, 2.75) is 37.5 Å². The van der Waals surface area contributed by atoms with E-state index in [2.05, 4.69) is 71.0 Å². The maximum Gasteiger partial charge on any atom is 0.235 e. The first-order valence-electron chi connectivity index (χ1n) is 11.7. The molecule has 1 unspecified atom stereocenters. The number of carbonyl (C=O) groups is 1. The van der Waals surface area contributed by atoms with Gasteiger partial charge in [-0.3, -0.25) is 9.89 Å². The summed E-state index contributed by atoms with van der Waals surface area (Å²) < 4.78 is 5.41. The molecule has 1 saturated carbocycles. The van der Waals surface area contributed by atoms with Crippen LogP contribution in [0.15, 0.2) is 66.3 Å². The third kappa shape index (κ3) is 3.14. The van der Waals surface area contributed by atoms with Crippen molar-refractivity contribution in [3.63, 3.8) is 0 Å². The molecule has 1 fully saturated rings. The minimum absolute atomic E-state index is 0.0863. The third-order valence-electron chi connectivity index (χ3n) is 7.52. The van der Waals surface area contributed by atoms with E-state index >= 15 is 0 Å². The van der Waals surface area contributed by atoms with Gasteiger partial charge in [0, 0.05) is 17.0 Å². The number of aromatic nitrogens is 2. The van der Waals surface area contributed by atoms with Crippen LogP contribution in [0.3, 0.4) is 0 Å². The highest BCUT2D eigenvalue weighted by molar-refractivity contribution is 6.10. The van der Waals surface area contributed by atoms with Crippen LogP contribution < -0.4 is 10.1 Å². The molecule has 6 rings (SSSR count). The van der Waals surface area contributed by atoms with Gasteiger partial charge < -0.3 is 10.1 Å². The van der Waals surface area contributed by atoms with Gasteiger partial charge in [-0.2, -0.15) is 5.10 Å². The fourth-order valence-electron chi connectivity index (χ4n) is 5.38. The van der Waals surface area contributed by atoms with Gasteiger partial charge in [0.25, 0.3) is 0 Å². The lowest BCUT2D eigenvalue weighted by Crippen LogP contribution is -2.21. The summed E-state index contributed by atoms with van der Waals surface area (Å²) in [6.45, 7) is 2.23. The van der Waals surface area contributed by atoms with Crippen molar-refractivity contribution < 1.29 is 9.53 Å². The van der Waals surface area contributed by atoms with Crippen LogP contribution in [0.5, 0.6) is 5.75 Å². The average Bonchev–Trinajstić information content (AvgIpc) is 3.39. The molecule has 0 radical (unpaired) electrons. The Morgan fingerprint density at radius 2 is 2.12 bits per heavy atom. The van der Waals surface area contributed by atoms with Crippen LogP contribution in [0.25, 0.3) is 17.0 Å². The van der Waals surface area contributed by atoms with E-state index in [1.807, 2.05) is 18.2 Å². The van der Waals surface area contributed by atoms with Crippen molar-refractivity contribution in [3.8, 4) is 5.75 Å². The maximum atomic E-state index is 12.9. The molecule has 33 heavy (non-hydrogen) atoms. The van der Waals surface area contributed by atoms with Gasteiger partial charge in [0.2, 0.25) is 5.91 Å². The van der Waals surface area contributed by atoms with E-state index in [0.29, 0.717) is 5.92 Å². The predicted molar refractivity (Wildman–Crippen MR) is 131 cm³/mol. The van der Waals surface area contributed by atoms with E-state index in [9.17, 15) is 4.79 Å². The number of nitrogens with zero attached hydrogens (tertiary/aromatic N) is 1. The molecule has 2 aliphatic carbocycles. The summed E-state index contributed by atoms with van der Waals surface area (Å²) in [5.41, 5.74) is 5.78. The molecule has 2 aromatic carbocycles. The minimum Gasteiger partial charge on any atom is -0.497 e. The molecule has 166 valence electrons. The molecule has 0 bridgehead atoms. The number of nitrogens with one attached hydrogen (secondary N) is 2. The van der Waals surface area contributed by atoms with Crippen molar-refractivity contribution in [2.24, 2.45) is 5.92 Å². The summed E-state index contributed by atoms with van der Waals surface area (Å²) in [7, 11) is 1.66. The van der Waals surface area contributed by atoms with Crippen molar-refractivity contribution in [1.82, 2.24) is 10.2 Å². The van der Waals surface area contributed by atoms with Gasteiger partial charge in [-0.15, -0.1) is 0 Å². The zero-order valence-corrected chi connectivity index (χ0v) is 18.9. The zero-order valence-electron chi connectivity index (χ0n) is 18.9. The number of hydrogen-bond acceptors (Lipinski definition) is 3. The quantitative estimate of drug-likeness (QED) is 0.524. The molecule has 5 nitrogen and oxygen atoms in total. The summed E-state index contributed by atoms with van der Waals surface area (Å²) in [5.74, 6) is 1.68. The third-order valence-corrected chi connectivity index (χ3v) is 7.52. The monoisotopic (exact) mass is 437 g/mol. The van der Waals surface area contributed by atoms with E-state index in [4.69, 9.17) is 4.74 Å². The molecule has 2 heterocycles. The van der Waals surface area contributed by atoms with Gasteiger partial charge in [0.15, 0.2) is 0 Å². The lowest BCUT2D eigenvalue weighted by molar-refractivity contribution is -0.118. The summed E-state index contributed by atoms with van der Waals surface area (Å²) in [6.07, 6.45) is 14.1. The number of amides is 1. The normalized spacial score (nSPS) is 25.5. The second kappa shape index (κ2) is 7.48. The van der Waals surface area contributed by atoms with Crippen LogP contribution in [0.4, 0.5) is 5.69 Å². The first-order valence-corrected chi connectivity index (χ1v) is 11.7. The lowest BCUT2D eigenvalue weighted by Gasteiger charge is -2.11. The Hall–Kier alpha value is -3.60. The van der Waals surface area contributed by atoms with Gasteiger partial charge in [0.1, 0.15) is 5.75 Å². The number of ether oxygens (including phenoxy) is 1. The van der Waals surface area contributed by atoms with Crippen LogP contribution in [0, 0.1) is 5.92 Å². The number of anilines is 1. The van der Waals surface area contributed by atoms with Crippen LogP contribution in [-0.4, -0.2) is 23.2 Å². The highest BCUT2D eigenvalue weighted by atomic mass is 16.5. The minimum atomic E-state index is -0.490. The maximum absolute atomic E-state index is 12.9. The molecule has 3 atom stereocenters. The first-order chi connectivity index (χ1) is 16.1. The number of allylic oxidation sites excluding steroid dienone is 5. The van der Waals surface area contributed by atoms with Crippen molar-refractivity contribution in [3.05, 3.63) is 83.1 Å². The number of carbonyl (C=O) groups excluding carboxylic acids is 1. The molecular formula is C28H27N3O2. The second-order valence-corrected chi connectivity index (χ2v) is 9.31. The Kier molecular flexibility index (Phi) is 4.54. The Balaban J connectivity index is 1.27. The van der Waals surface area contributed by atoms with Gasteiger partial charge in [0.05, 0.1) is 23.7 Å². The van der Waals surface area contributed by atoms with E-state index < -0.39 is 5.41 Å². The number of aromatic amines is 1. The van der Waals surface area contributed by atoms with Gasteiger partial charge in [-0.1, -0.05) is 43.4 Å². The molecule has 3 aromatic rings. The Morgan fingerprint density at radius 3 is 2.91 bits per heavy atom. The Labute approximate surface area is 193 Å². The topological polar surface area (TPSA) is 67.0 Å². The zero-order chi connectivity index (χ0) is 22.6. The highest BCUT2D eigenvalue weighted by Gasteiger charge is 2.65. The number of methoxy groups -OCH3 is 1. The lowest BCUT2D eigenvalue weighted by atomic mass is 9.91. The van der Waals surface area contributed by atoms with Crippen molar-refractivity contribution >= 4 is 28.6 Å². The van der Waals surface area contributed by atoms with E-state index in [0.717, 1.165) is 52.0 Å². The van der Waals surface area contributed by atoms with E-state index in [-0.39, 0.29) is 11.8 Å². The van der Waals surface area contributed by atoms with Crippen LogP contribution in [-0.2, 0) is 10.2 Å². The van der Waals surface area contributed by atoms with Crippen LogP contribution >= 0.6 is 0 Å². The number of hydrogen-bond donors (Lipinski definition) is 2. The molecule has 1 spiro atoms. The highest BCUT2D eigenvalue weighted by Crippen LogP contribution is 2.65. The number of H-pyrrole nitrogens is 1. The van der Waals surface area contributed by atoms with Crippen molar-refractivity contribution in [2.75, 3.05) is 12.4 Å². The largest absolute Gasteiger partial charge is 0.497 e. The summed E-state index contributed by atoms with van der Waals surface area (Å²) in [4.78, 5) is 12.9. The summed E-state index contributed by atoms with van der Waals surface area (Å²) in [6, 6.07) is 12.2. The Bertz CT molecular complexity index is 1360. The summed E-state index contributed by atoms with van der Waals surface area (Å²) >= 11 is 0. The van der Waals surface area contributed by atoms with Crippen LogP contribution in [0.1, 0.15) is 48.9 Å². The molecular weight excluding hydrogens is 410 g/mol. The molecule has 3 aliphatic rings. The Morgan fingerprint density at radius 1 is 1.21 bits per heavy atom. The number of rotatable bonds is 5. The van der Waals surface area contributed by atoms with E-state index in [1.54, 1.807) is 7.11 Å². The first kappa shape index (κ1) is 20.0. The second-order valence-electron chi connectivity index (χ2n) is 9.31. The van der Waals surface area contributed by atoms with Gasteiger partial charge >= 0.3 is 0 Å². The summed E-state index contributed by atoms with van der Waals surface area (Å²) in [5, 5.41) is 11.9. The molecule has 2 N–H and O–H groups in total. The van der Waals surface area contributed by atoms with Gasteiger partial charge in [-0.05, 0) is 72.2 Å². The predicted octanol–water partition coefficient (Wildman–Crippen LogP) is 5.87. The average molecular weight is 438 g/mol. The molecule has 1 aromatic heterocycles. The SMILES string of the molecule is CCC1C=CC(/C=C/c2n[nH]c3cc([C@@H]4C[C@@]45C(=O)Nc4ccc(OC)cc45)ccc23)=CC1. The number of fused-ring (bicyclic) bond motifs is 3. The van der Waals surface area contributed by atoms with E-state index in [1.165, 1.54) is 12.0 Å². The molecule has 1 amide bonds. The fraction of sp³-hybridized carbons (Fsp3) is 0.286. The molecule has 0 saturated heterocycles. The molecule has 1 aliphatic heterocycles. The fourth-order valence-corrected chi connectivity index (χ4v) is 5.38. The van der Waals surface area contributed by atoms with Crippen LogP contribution in [0.2, 0.25) is 0 Å². The molecule has 5 heteroatoms. The van der Waals surface area contributed by atoms with Crippen molar-refractivity contribution in [1.29, 1.82) is 0 Å². The smallest absolute Gasteiger partial charge is 0.235 e. The number of benzene rings is 2.